The van der Waals surface area contributed by atoms with Gasteiger partial charge in [-0.1, -0.05) is 24.8 Å². The van der Waals surface area contributed by atoms with Crippen LogP contribution >= 0.6 is 0 Å². The summed E-state index contributed by atoms with van der Waals surface area (Å²) in [6.07, 6.45) is 0. The van der Waals surface area contributed by atoms with Crippen LogP contribution in [0.5, 0.6) is 0 Å². The first-order chi connectivity index (χ1) is 15.2. The molecule has 2 aromatic rings. The molecule has 0 atom stereocenters. The number of hydrogen-bond acceptors (Lipinski definition) is 6. The van der Waals surface area contributed by atoms with E-state index >= 15 is 0 Å². The van der Waals surface area contributed by atoms with Crippen LogP contribution in [0.1, 0.15) is 15.9 Å². The number of rotatable bonds is 5. The molecule has 0 saturated carbocycles. The van der Waals surface area contributed by atoms with Gasteiger partial charge in [-0.25, -0.2) is 8.42 Å². The minimum Gasteiger partial charge on any atom is -0.338 e. The number of fused-ring (bicyclic) bond motifs is 1. The SMILES string of the molecule is C=C1c2ccccc2C(=O)N1CC(=O)N1CCN(S(=O)(=O)c2ccc([N+](=O)[O-])cc2)CC1. The number of carbonyl (C=O) groups is 2. The van der Waals surface area contributed by atoms with E-state index in [0.29, 0.717) is 16.8 Å². The predicted octanol–water partition coefficient (Wildman–Crippen LogP) is 1.55. The summed E-state index contributed by atoms with van der Waals surface area (Å²) in [4.78, 5) is 38.4. The number of piperazine rings is 1. The van der Waals surface area contributed by atoms with Crippen LogP contribution in [0.15, 0.2) is 60.0 Å². The van der Waals surface area contributed by atoms with Crippen LogP contribution in [0.25, 0.3) is 5.70 Å². The van der Waals surface area contributed by atoms with Gasteiger partial charge in [0.15, 0.2) is 0 Å². The van der Waals surface area contributed by atoms with Gasteiger partial charge in [0.25, 0.3) is 11.6 Å². The summed E-state index contributed by atoms with van der Waals surface area (Å²) in [7, 11) is -3.84. The lowest BCUT2D eigenvalue weighted by Crippen LogP contribution is -2.52. The van der Waals surface area contributed by atoms with Crippen molar-refractivity contribution in [3.63, 3.8) is 0 Å². The van der Waals surface area contributed by atoms with Gasteiger partial charge in [0.05, 0.1) is 9.82 Å². The number of benzene rings is 2. The molecule has 2 aromatic carbocycles. The quantitative estimate of drug-likeness (QED) is 0.497. The maximum atomic E-state index is 12.8. The molecule has 0 spiro atoms. The number of nitro groups is 1. The predicted molar refractivity (Wildman–Crippen MR) is 115 cm³/mol. The van der Waals surface area contributed by atoms with Gasteiger partial charge in [-0.2, -0.15) is 4.31 Å². The van der Waals surface area contributed by atoms with E-state index in [2.05, 4.69) is 6.58 Å². The van der Waals surface area contributed by atoms with Crippen molar-refractivity contribution in [2.24, 2.45) is 0 Å². The van der Waals surface area contributed by atoms with Crippen molar-refractivity contribution in [1.82, 2.24) is 14.1 Å². The highest BCUT2D eigenvalue weighted by Crippen LogP contribution is 2.31. The first-order valence-corrected chi connectivity index (χ1v) is 11.3. The molecule has 0 aliphatic carbocycles. The minimum absolute atomic E-state index is 0.0420. The van der Waals surface area contributed by atoms with Gasteiger partial charge in [-0.15, -0.1) is 0 Å². The van der Waals surface area contributed by atoms with Crippen molar-refractivity contribution in [2.75, 3.05) is 32.7 Å². The lowest BCUT2D eigenvalue weighted by Gasteiger charge is -2.34. The van der Waals surface area contributed by atoms with Crippen LogP contribution < -0.4 is 0 Å². The Hall–Kier alpha value is -3.57. The average molecular weight is 456 g/mol. The maximum Gasteiger partial charge on any atom is 0.269 e. The van der Waals surface area contributed by atoms with E-state index < -0.39 is 14.9 Å². The fourth-order valence-electron chi connectivity index (χ4n) is 3.80. The molecule has 4 rings (SSSR count). The van der Waals surface area contributed by atoms with Gasteiger partial charge in [0.2, 0.25) is 15.9 Å². The summed E-state index contributed by atoms with van der Waals surface area (Å²) in [5.41, 5.74) is 1.48. The summed E-state index contributed by atoms with van der Waals surface area (Å²) in [5, 5.41) is 10.8. The molecule has 11 heteroatoms. The highest BCUT2D eigenvalue weighted by atomic mass is 32.2. The standard InChI is InChI=1S/C21H20N4O6S/c1-15-18-4-2-3-5-19(18)21(27)24(15)14-20(26)22-10-12-23(13-11-22)32(30,31)17-8-6-16(7-9-17)25(28)29/h2-9H,1,10-14H2. The molecule has 2 heterocycles. The number of hydrogen-bond donors (Lipinski definition) is 0. The third-order valence-electron chi connectivity index (χ3n) is 5.61. The van der Waals surface area contributed by atoms with Gasteiger partial charge >= 0.3 is 0 Å². The molecule has 2 amide bonds. The molecule has 32 heavy (non-hydrogen) atoms. The average Bonchev–Trinajstić information content (AvgIpc) is 3.04. The van der Waals surface area contributed by atoms with Crippen LogP contribution in [0.2, 0.25) is 0 Å². The lowest BCUT2D eigenvalue weighted by molar-refractivity contribution is -0.384. The second-order valence-corrected chi connectivity index (χ2v) is 9.36. The third-order valence-corrected chi connectivity index (χ3v) is 7.52. The second kappa shape index (κ2) is 8.17. The molecule has 0 bridgehead atoms. The molecule has 10 nitrogen and oxygen atoms in total. The lowest BCUT2D eigenvalue weighted by atomic mass is 10.1. The summed E-state index contributed by atoms with van der Waals surface area (Å²) in [6, 6.07) is 11.7. The first kappa shape index (κ1) is 21.7. The minimum atomic E-state index is -3.84. The zero-order valence-electron chi connectivity index (χ0n) is 17.0. The first-order valence-electron chi connectivity index (χ1n) is 9.82. The molecular formula is C21H20N4O6S. The van der Waals surface area contributed by atoms with Crippen LogP contribution in [-0.2, 0) is 14.8 Å². The van der Waals surface area contributed by atoms with Crippen LogP contribution in [0, 0.1) is 10.1 Å². The highest BCUT2D eigenvalue weighted by molar-refractivity contribution is 7.89. The zero-order valence-corrected chi connectivity index (χ0v) is 17.8. The molecule has 1 fully saturated rings. The van der Waals surface area contributed by atoms with Crippen LogP contribution in [-0.4, -0.2) is 72.0 Å². The van der Waals surface area contributed by atoms with Crippen molar-refractivity contribution >= 4 is 33.2 Å². The van der Waals surface area contributed by atoms with Gasteiger partial charge in [-0.3, -0.25) is 24.6 Å². The summed E-state index contributed by atoms with van der Waals surface area (Å²) in [5.74, 6) is -0.571. The van der Waals surface area contributed by atoms with Gasteiger partial charge in [0.1, 0.15) is 6.54 Å². The molecule has 2 aliphatic heterocycles. The van der Waals surface area contributed by atoms with E-state index in [1.165, 1.54) is 26.2 Å². The molecule has 1 saturated heterocycles. The van der Waals surface area contributed by atoms with E-state index in [-0.39, 0.29) is 55.1 Å². The van der Waals surface area contributed by atoms with Crippen LogP contribution in [0.4, 0.5) is 5.69 Å². The van der Waals surface area contributed by atoms with Crippen molar-refractivity contribution < 1.29 is 22.9 Å². The number of non-ortho nitro benzene ring substituents is 1. The Balaban J connectivity index is 1.38. The molecule has 166 valence electrons. The molecule has 0 unspecified atom stereocenters. The van der Waals surface area contributed by atoms with E-state index in [4.69, 9.17) is 0 Å². The summed E-state index contributed by atoms with van der Waals surface area (Å²) < 4.78 is 26.9. The normalized spacial score (nSPS) is 16.9. The summed E-state index contributed by atoms with van der Waals surface area (Å²) >= 11 is 0. The maximum absolute atomic E-state index is 12.8. The smallest absolute Gasteiger partial charge is 0.269 e. The van der Waals surface area contributed by atoms with Crippen molar-refractivity contribution in [3.8, 4) is 0 Å². The Morgan fingerprint density at radius 2 is 1.59 bits per heavy atom. The fraction of sp³-hybridized carbons (Fsp3) is 0.238. The monoisotopic (exact) mass is 456 g/mol. The molecule has 0 N–H and O–H groups in total. The Morgan fingerprint density at radius 3 is 2.16 bits per heavy atom. The van der Waals surface area contributed by atoms with Crippen molar-refractivity contribution in [1.29, 1.82) is 0 Å². The Kier molecular flexibility index (Phi) is 5.53. The molecular weight excluding hydrogens is 436 g/mol. The van der Waals surface area contributed by atoms with Crippen molar-refractivity contribution in [3.05, 3.63) is 76.4 Å². The highest BCUT2D eigenvalue weighted by Gasteiger charge is 2.35. The number of nitrogens with zero attached hydrogens (tertiary/aromatic N) is 4. The van der Waals surface area contributed by atoms with E-state index in [0.717, 1.165) is 12.1 Å². The molecule has 2 aliphatic rings. The largest absolute Gasteiger partial charge is 0.338 e. The van der Waals surface area contributed by atoms with E-state index in [9.17, 15) is 28.1 Å². The number of amides is 2. The van der Waals surface area contributed by atoms with Gasteiger partial charge in [0, 0.05) is 55.1 Å². The second-order valence-electron chi connectivity index (χ2n) is 7.42. The zero-order chi connectivity index (χ0) is 23.0. The topological polar surface area (TPSA) is 121 Å². The number of carbonyl (C=O) groups excluding carboxylic acids is 2. The fourth-order valence-corrected chi connectivity index (χ4v) is 5.23. The van der Waals surface area contributed by atoms with Gasteiger partial charge in [-0.05, 0) is 18.2 Å². The van der Waals surface area contributed by atoms with E-state index in [1.54, 1.807) is 24.3 Å². The third kappa shape index (κ3) is 3.76. The Morgan fingerprint density at radius 1 is 1.00 bits per heavy atom. The Labute approximate surface area is 184 Å². The number of sulfonamides is 1. The van der Waals surface area contributed by atoms with E-state index in [1.807, 2.05) is 0 Å². The Bertz CT molecular complexity index is 1180. The number of nitro benzene ring substituents is 1. The molecule has 0 radical (unpaired) electrons. The van der Waals surface area contributed by atoms with Crippen LogP contribution in [0.3, 0.4) is 0 Å². The van der Waals surface area contributed by atoms with Gasteiger partial charge < -0.3 is 4.90 Å². The summed E-state index contributed by atoms with van der Waals surface area (Å²) in [6.45, 7) is 4.27. The van der Waals surface area contributed by atoms with Crippen molar-refractivity contribution in [2.45, 2.75) is 4.90 Å². The molecule has 0 aromatic heterocycles.